The molecule has 3 rings (SSSR count). The van der Waals surface area contributed by atoms with Gasteiger partial charge >= 0.3 is 0 Å². The molecule has 1 unspecified atom stereocenters. The Labute approximate surface area is 173 Å². The van der Waals surface area contributed by atoms with Crippen LogP contribution in [0.1, 0.15) is 39.9 Å². The van der Waals surface area contributed by atoms with Crippen LogP contribution in [0.25, 0.3) is 0 Å². The summed E-state index contributed by atoms with van der Waals surface area (Å²) in [7, 11) is 0. The van der Waals surface area contributed by atoms with Crippen LogP contribution in [0.15, 0.2) is 42.5 Å². The highest BCUT2D eigenvalue weighted by Gasteiger charge is 2.35. The Bertz CT molecular complexity index is 988. The average molecular weight is 409 g/mol. The number of aliphatic hydroxyl groups excluding tert-OH is 1. The van der Waals surface area contributed by atoms with E-state index in [4.69, 9.17) is 0 Å². The number of imide groups is 2. The molecule has 8 nitrogen and oxygen atoms in total. The van der Waals surface area contributed by atoms with Gasteiger partial charge in [0.15, 0.2) is 0 Å². The van der Waals surface area contributed by atoms with Crippen LogP contribution in [0, 0.1) is 6.92 Å². The second kappa shape index (κ2) is 9.32. The van der Waals surface area contributed by atoms with Gasteiger partial charge in [0.25, 0.3) is 5.91 Å². The van der Waals surface area contributed by atoms with Gasteiger partial charge in [0.1, 0.15) is 6.04 Å². The number of hydrogen-bond donors (Lipinski definition) is 3. The number of aliphatic hydroxyl groups is 1. The van der Waals surface area contributed by atoms with E-state index in [1.165, 1.54) is 0 Å². The maximum absolute atomic E-state index is 13.2. The molecule has 2 aromatic carbocycles. The van der Waals surface area contributed by atoms with E-state index in [2.05, 4.69) is 10.6 Å². The molecule has 0 radical (unpaired) electrons. The van der Waals surface area contributed by atoms with Crippen LogP contribution >= 0.6 is 0 Å². The van der Waals surface area contributed by atoms with Crippen molar-refractivity contribution in [1.29, 1.82) is 0 Å². The van der Waals surface area contributed by atoms with Gasteiger partial charge in [0.2, 0.25) is 18.2 Å². The molecule has 0 spiro atoms. The topological polar surface area (TPSA) is 116 Å². The molecule has 1 aliphatic rings. The minimum atomic E-state index is -1.03. The highest BCUT2D eigenvalue weighted by Crippen LogP contribution is 2.24. The highest BCUT2D eigenvalue weighted by atomic mass is 16.3. The van der Waals surface area contributed by atoms with E-state index in [0.717, 1.165) is 16.0 Å². The van der Waals surface area contributed by atoms with Crippen molar-refractivity contribution in [3.63, 3.8) is 0 Å². The fourth-order valence-electron chi connectivity index (χ4n) is 3.47. The van der Waals surface area contributed by atoms with Crippen molar-refractivity contribution >= 4 is 29.8 Å². The zero-order valence-electron chi connectivity index (χ0n) is 16.6. The first-order valence-electron chi connectivity index (χ1n) is 9.58. The summed E-state index contributed by atoms with van der Waals surface area (Å²) in [5.41, 5.74) is 3.15. The molecule has 0 saturated carbocycles. The zero-order chi connectivity index (χ0) is 21.7. The molecule has 0 aliphatic carbocycles. The zero-order valence-corrected chi connectivity index (χ0v) is 16.6. The molecule has 1 fully saturated rings. The smallest absolute Gasteiger partial charge is 0.263 e. The Balaban J connectivity index is 1.85. The number of amides is 4. The molecule has 1 saturated heterocycles. The van der Waals surface area contributed by atoms with E-state index < -0.39 is 23.8 Å². The van der Waals surface area contributed by atoms with Crippen molar-refractivity contribution in [3.05, 3.63) is 64.7 Å². The lowest BCUT2D eigenvalue weighted by atomic mass is 10.0. The fraction of sp³-hybridized carbons (Fsp3) is 0.273. The largest absolute Gasteiger partial charge is 0.392 e. The van der Waals surface area contributed by atoms with Gasteiger partial charge in [-0.25, -0.2) is 0 Å². The summed E-state index contributed by atoms with van der Waals surface area (Å²) >= 11 is 0. The number of carbonyl (C=O) groups is 4. The third-order valence-corrected chi connectivity index (χ3v) is 5.04. The number of rotatable bonds is 7. The van der Waals surface area contributed by atoms with E-state index in [9.17, 15) is 24.3 Å². The van der Waals surface area contributed by atoms with Crippen molar-refractivity contribution in [2.75, 3.05) is 5.32 Å². The maximum atomic E-state index is 13.2. The summed E-state index contributed by atoms with van der Waals surface area (Å²) < 4.78 is 0. The lowest BCUT2D eigenvalue weighted by Gasteiger charge is -2.29. The van der Waals surface area contributed by atoms with Gasteiger partial charge in [-0.1, -0.05) is 36.4 Å². The number of nitrogens with zero attached hydrogens (tertiary/aromatic N) is 1. The van der Waals surface area contributed by atoms with Crippen molar-refractivity contribution in [2.24, 2.45) is 0 Å². The number of piperidine rings is 1. The minimum Gasteiger partial charge on any atom is -0.392 e. The average Bonchev–Trinajstić information content (AvgIpc) is 2.74. The number of carbonyl (C=O) groups excluding carboxylic acids is 4. The number of anilines is 1. The lowest BCUT2D eigenvalue weighted by molar-refractivity contribution is -0.139. The number of hydrogen-bond acceptors (Lipinski definition) is 6. The van der Waals surface area contributed by atoms with Crippen molar-refractivity contribution < 1.29 is 24.3 Å². The van der Waals surface area contributed by atoms with E-state index >= 15 is 0 Å². The van der Waals surface area contributed by atoms with Gasteiger partial charge < -0.3 is 10.4 Å². The van der Waals surface area contributed by atoms with Crippen molar-refractivity contribution in [3.8, 4) is 0 Å². The number of benzene rings is 2. The molecule has 2 aromatic rings. The fourth-order valence-corrected chi connectivity index (χ4v) is 3.47. The van der Waals surface area contributed by atoms with Crippen LogP contribution in [0.5, 0.6) is 0 Å². The third-order valence-electron chi connectivity index (χ3n) is 5.04. The Morgan fingerprint density at radius 1 is 1.23 bits per heavy atom. The van der Waals surface area contributed by atoms with Crippen LogP contribution in [0.2, 0.25) is 0 Å². The summed E-state index contributed by atoms with van der Waals surface area (Å²) in [6, 6.07) is 11.6. The Hall–Kier alpha value is -3.52. The van der Waals surface area contributed by atoms with E-state index in [-0.39, 0.29) is 25.0 Å². The van der Waals surface area contributed by atoms with E-state index in [1.807, 2.05) is 24.3 Å². The Morgan fingerprint density at radius 3 is 2.67 bits per heavy atom. The quantitative estimate of drug-likeness (QED) is 0.472. The van der Waals surface area contributed by atoms with Gasteiger partial charge in [-0.3, -0.25) is 29.4 Å². The van der Waals surface area contributed by atoms with Gasteiger partial charge in [0, 0.05) is 18.7 Å². The summed E-state index contributed by atoms with van der Waals surface area (Å²) in [6.07, 6.45) is 0.495. The van der Waals surface area contributed by atoms with Gasteiger partial charge in [-0.05, 0) is 36.1 Å². The van der Waals surface area contributed by atoms with Gasteiger partial charge in [-0.15, -0.1) is 0 Å². The first-order valence-corrected chi connectivity index (χ1v) is 9.58. The summed E-state index contributed by atoms with van der Waals surface area (Å²) in [6.45, 7) is 2.08. The Kier molecular flexibility index (Phi) is 6.58. The van der Waals surface area contributed by atoms with Crippen molar-refractivity contribution in [2.45, 2.75) is 39.0 Å². The summed E-state index contributed by atoms with van der Waals surface area (Å²) in [5, 5.41) is 14.7. The normalized spacial score (nSPS) is 16.0. The predicted octanol–water partition coefficient (Wildman–Crippen LogP) is 1.50. The molecule has 3 N–H and O–H groups in total. The molecule has 1 atom stereocenters. The van der Waals surface area contributed by atoms with Crippen LogP contribution in [-0.4, -0.2) is 40.2 Å². The van der Waals surface area contributed by atoms with E-state index in [1.54, 1.807) is 25.1 Å². The first-order chi connectivity index (χ1) is 14.4. The van der Waals surface area contributed by atoms with Crippen LogP contribution in [0.4, 0.5) is 5.69 Å². The van der Waals surface area contributed by atoms with Gasteiger partial charge in [0.05, 0.1) is 12.2 Å². The molecular weight excluding hydrogens is 386 g/mol. The molecule has 30 heavy (non-hydrogen) atoms. The summed E-state index contributed by atoms with van der Waals surface area (Å²) in [5.74, 6) is -1.68. The standard InChI is InChI=1S/C22H23N3O5/c1-14-4-2-7-17(23-11-15-5-3-6-16(10-15)12-26)20(14)22(30)25(13-27)18-8-9-19(28)24-21(18)29/h2-7,10,13,18,23,26H,8-9,11-12H2,1H3,(H,24,28,29). The Morgan fingerprint density at radius 2 is 1.97 bits per heavy atom. The van der Waals surface area contributed by atoms with Crippen LogP contribution in [-0.2, 0) is 27.5 Å². The van der Waals surface area contributed by atoms with Crippen LogP contribution in [0.3, 0.4) is 0 Å². The van der Waals surface area contributed by atoms with E-state index in [0.29, 0.717) is 24.2 Å². The second-order valence-corrected chi connectivity index (χ2v) is 7.11. The van der Waals surface area contributed by atoms with Crippen LogP contribution < -0.4 is 10.6 Å². The lowest BCUT2D eigenvalue weighted by Crippen LogP contribution is -2.54. The molecule has 156 valence electrons. The molecule has 0 bridgehead atoms. The maximum Gasteiger partial charge on any atom is 0.263 e. The first kappa shape index (κ1) is 21.2. The number of nitrogens with one attached hydrogen (secondary N) is 2. The predicted molar refractivity (Wildman–Crippen MR) is 109 cm³/mol. The summed E-state index contributed by atoms with van der Waals surface area (Å²) in [4.78, 5) is 49.3. The molecule has 1 heterocycles. The SMILES string of the molecule is Cc1cccc(NCc2cccc(CO)c2)c1C(=O)N(C=O)C1CCC(=O)NC1=O. The molecule has 4 amide bonds. The molecule has 0 aromatic heterocycles. The second-order valence-electron chi connectivity index (χ2n) is 7.11. The minimum absolute atomic E-state index is 0.0636. The monoisotopic (exact) mass is 409 g/mol. The third kappa shape index (κ3) is 4.55. The van der Waals surface area contributed by atoms with Crippen molar-refractivity contribution in [1.82, 2.24) is 10.2 Å². The van der Waals surface area contributed by atoms with Gasteiger partial charge in [-0.2, -0.15) is 0 Å². The highest BCUT2D eigenvalue weighted by molar-refractivity contribution is 6.09. The molecule has 1 aliphatic heterocycles. The number of aryl methyl sites for hydroxylation is 1. The molecule has 8 heteroatoms. The molecular formula is C22H23N3O5.